The van der Waals surface area contributed by atoms with Crippen LogP contribution in [0.5, 0.6) is 5.75 Å². The average molecular weight is 266 g/mol. The monoisotopic (exact) mass is 266 g/mol. The van der Waals surface area contributed by atoms with E-state index in [9.17, 15) is 0 Å². The lowest BCUT2D eigenvalue weighted by Gasteiger charge is -2.13. The van der Waals surface area contributed by atoms with Crippen LogP contribution in [0.2, 0.25) is 0 Å². The molecule has 0 unspecified atom stereocenters. The Kier molecular flexibility index (Phi) is 8.26. The van der Waals surface area contributed by atoms with Crippen molar-refractivity contribution in [3.8, 4) is 5.75 Å². The summed E-state index contributed by atoms with van der Waals surface area (Å²) in [4.78, 5) is 0. The summed E-state index contributed by atoms with van der Waals surface area (Å²) in [5.41, 5.74) is 2.43. The zero-order valence-corrected chi connectivity index (χ0v) is 12.2. The van der Waals surface area contributed by atoms with Gasteiger partial charge in [-0.05, 0) is 37.3 Å². The number of hydrogen-bond donors (Lipinski definition) is 1. The van der Waals surface area contributed by atoms with Gasteiger partial charge >= 0.3 is 0 Å². The number of aliphatic hydroxyl groups is 1. The molecule has 0 aliphatic carbocycles. The lowest BCUT2D eigenvalue weighted by atomic mass is 10.0. The minimum atomic E-state index is 0.300. The third-order valence-corrected chi connectivity index (χ3v) is 3.22. The standard InChI is InChI=1S/C16H26O3/c1-14-9-8-11-15(16(14)19-13-18-2)10-6-4-3-5-7-12-17/h8-9,11,17H,3-7,10,12-13H2,1-2H3. The third kappa shape index (κ3) is 6.08. The molecule has 3 heteroatoms. The summed E-state index contributed by atoms with van der Waals surface area (Å²) in [7, 11) is 1.64. The maximum atomic E-state index is 8.72. The normalized spacial score (nSPS) is 10.7. The fourth-order valence-electron chi connectivity index (χ4n) is 2.19. The Morgan fingerprint density at radius 3 is 2.53 bits per heavy atom. The first-order chi connectivity index (χ1) is 9.29. The molecular weight excluding hydrogens is 240 g/mol. The van der Waals surface area contributed by atoms with Gasteiger partial charge < -0.3 is 14.6 Å². The molecule has 19 heavy (non-hydrogen) atoms. The van der Waals surface area contributed by atoms with Crippen molar-refractivity contribution in [3.05, 3.63) is 29.3 Å². The highest BCUT2D eigenvalue weighted by atomic mass is 16.7. The quantitative estimate of drug-likeness (QED) is 0.520. The molecular formula is C16H26O3. The second kappa shape index (κ2) is 9.82. The Hall–Kier alpha value is -1.06. The number of para-hydroxylation sites is 1. The Balaban J connectivity index is 2.41. The first kappa shape index (κ1) is 16.0. The SMILES string of the molecule is COCOc1c(C)cccc1CCCCCCCO. The van der Waals surface area contributed by atoms with E-state index in [2.05, 4.69) is 25.1 Å². The number of ether oxygens (including phenoxy) is 2. The molecule has 108 valence electrons. The predicted molar refractivity (Wildman–Crippen MR) is 77.6 cm³/mol. The summed E-state index contributed by atoms with van der Waals surface area (Å²) in [6, 6.07) is 6.28. The van der Waals surface area contributed by atoms with E-state index >= 15 is 0 Å². The van der Waals surface area contributed by atoms with E-state index in [0.717, 1.165) is 37.0 Å². The maximum absolute atomic E-state index is 8.72. The summed E-state index contributed by atoms with van der Waals surface area (Å²) in [6.07, 6.45) is 6.65. The number of unbranched alkanes of at least 4 members (excludes halogenated alkanes) is 4. The van der Waals surface area contributed by atoms with Gasteiger partial charge in [0.15, 0.2) is 6.79 Å². The molecule has 1 aromatic carbocycles. The molecule has 0 amide bonds. The number of benzene rings is 1. The smallest absolute Gasteiger partial charge is 0.188 e. The van der Waals surface area contributed by atoms with Crippen LogP contribution in [0.1, 0.15) is 43.2 Å². The average Bonchev–Trinajstić information content (AvgIpc) is 2.42. The number of rotatable bonds is 10. The van der Waals surface area contributed by atoms with Crippen LogP contribution in [-0.4, -0.2) is 25.6 Å². The summed E-state index contributed by atoms with van der Waals surface area (Å²) >= 11 is 0. The minimum Gasteiger partial charge on any atom is -0.467 e. The van der Waals surface area contributed by atoms with E-state index in [-0.39, 0.29) is 0 Å². The molecule has 0 heterocycles. The topological polar surface area (TPSA) is 38.7 Å². The zero-order chi connectivity index (χ0) is 13.9. The molecule has 0 aromatic heterocycles. The van der Waals surface area contributed by atoms with E-state index in [4.69, 9.17) is 14.6 Å². The molecule has 0 saturated heterocycles. The van der Waals surface area contributed by atoms with Crippen molar-refractivity contribution >= 4 is 0 Å². The predicted octanol–water partition coefficient (Wildman–Crippen LogP) is 3.46. The van der Waals surface area contributed by atoms with Crippen molar-refractivity contribution in [2.45, 2.75) is 45.4 Å². The molecule has 1 aromatic rings. The first-order valence-electron chi connectivity index (χ1n) is 7.10. The largest absolute Gasteiger partial charge is 0.467 e. The van der Waals surface area contributed by atoms with Gasteiger partial charge in [0.2, 0.25) is 0 Å². The van der Waals surface area contributed by atoms with E-state index in [1.165, 1.54) is 18.4 Å². The fraction of sp³-hybridized carbons (Fsp3) is 0.625. The molecule has 0 fully saturated rings. The number of methoxy groups -OCH3 is 1. The summed E-state index contributed by atoms with van der Waals surface area (Å²) in [5.74, 6) is 0.972. The molecule has 0 saturated carbocycles. The first-order valence-corrected chi connectivity index (χ1v) is 7.10. The lowest BCUT2D eigenvalue weighted by molar-refractivity contribution is 0.0499. The molecule has 0 radical (unpaired) electrons. The van der Waals surface area contributed by atoms with Crippen LogP contribution >= 0.6 is 0 Å². The van der Waals surface area contributed by atoms with Gasteiger partial charge in [0, 0.05) is 13.7 Å². The number of aliphatic hydroxyl groups excluding tert-OH is 1. The zero-order valence-electron chi connectivity index (χ0n) is 12.2. The molecule has 0 spiro atoms. The van der Waals surface area contributed by atoms with Crippen molar-refractivity contribution in [1.82, 2.24) is 0 Å². The lowest BCUT2D eigenvalue weighted by Crippen LogP contribution is -2.03. The third-order valence-electron chi connectivity index (χ3n) is 3.22. The van der Waals surface area contributed by atoms with Gasteiger partial charge in [0.05, 0.1) is 0 Å². The second-order valence-corrected chi connectivity index (χ2v) is 4.86. The highest BCUT2D eigenvalue weighted by Gasteiger charge is 2.06. The van der Waals surface area contributed by atoms with E-state index in [0.29, 0.717) is 13.4 Å². The minimum absolute atomic E-state index is 0.300. The van der Waals surface area contributed by atoms with Gasteiger partial charge in [-0.1, -0.05) is 37.5 Å². The highest BCUT2D eigenvalue weighted by Crippen LogP contribution is 2.25. The molecule has 1 N–H and O–H groups in total. The highest BCUT2D eigenvalue weighted by molar-refractivity contribution is 5.40. The van der Waals surface area contributed by atoms with Crippen LogP contribution in [0, 0.1) is 6.92 Å². The van der Waals surface area contributed by atoms with Crippen LogP contribution in [-0.2, 0) is 11.2 Å². The van der Waals surface area contributed by atoms with Gasteiger partial charge in [-0.15, -0.1) is 0 Å². The summed E-state index contributed by atoms with van der Waals surface area (Å²) in [6.45, 7) is 2.68. The number of aryl methyl sites for hydroxylation is 2. The van der Waals surface area contributed by atoms with Crippen molar-refractivity contribution in [3.63, 3.8) is 0 Å². The van der Waals surface area contributed by atoms with Crippen LogP contribution in [0.15, 0.2) is 18.2 Å². The van der Waals surface area contributed by atoms with Gasteiger partial charge in [-0.3, -0.25) is 0 Å². The molecule has 3 nitrogen and oxygen atoms in total. The van der Waals surface area contributed by atoms with Crippen molar-refractivity contribution in [2.75, 3.05) is 20.5 Å². The van der Waals surface area contributed by atoms with Crippen LogP contribution in [0.4, 0.5) is 0 Å². The van der Waals surface area contributed by atoms with Gasteiger partial charge in [-0.2, -0.15) is 0 Å². The van der Waals surface area contributed by atoms with Gasteiger partial charge in [-0.25, -0.2) is 0 Å². The Labute approximate surface area is 116 Å². The van der Waals surface area contributed by atoms with Crippen LogP contribution in [0.3, 0.4) is 0 Å². The van der Waals surface area contributed by atoms with E-state index < -0.39 is 0 Å². The van der Waals surface area contributed by atoms with Crippen LogP contribution in [0.25, 0.3) is 0 Å². The molecule has 0 aliphatic rings. The van der Waals surface area contributed by atoms with Crippen molar-refractivity contribution < 1.29 is 14.6 Å². The Morgan fingerprint density at radius 1 is 1.05 bits per heavy atom. The van der Waals surface area contributed by atoms with E-state index in [1.807, 2.05) is 0 Å². The number of hydrogen-bond acceptors (Lipinski definition) is 3. The van der Waals surface area contributed by atoms with E-state index in [1.54, 1.807) is 7.11 Å². The fourth-order valence-corrected chi connectivity index (χ4v) is 2.19. The Morgan fingerprint density at radius 2 is 1.79 bits per heavy atom. The maximum Gasteiger partial charge on any atom is 0.188 e. The van der Waals surface area contributed by atoms with Gasteiger partial charge in [0.25, 0.3) is 0 Å². The molecule has 0 bridgehead atoms. The summed E-state index contributed by atoms with van der Waals surface area (Å²) < 4.78 is 10.6. The van der Waals surface area contributed by atoms with Crippen LogP contribution < -0.4 is 4.74 Å². The Bertz CT molecular complexity index is 350. The molecule has 0 aliphatic heterocycles. The van der Waals surface area contributed by atoms with Crippen molar-refractivity contribution in [1.29, 1.82) is 0 Å². The van der Waals surface area contributed by atoms with Gasteiger partial charge in [0.1, 0.15) is 5.75 Å². The molecule has 0 atom stereocenters. The second-order valence-electron chi connectivity index (χ2n) is 4.86. The summed E-state index contributed by atoms with van der Waals surface area (Å²) in [5, 5.41) is 8.72. The van der Waals surface area contributed by atoms with Crippen molar-refractivity contribution in [2.24, 2.45) is 0 Å². The molecule has 1 rings (SSSR count).